The van der Waals surface area contributed by atoms with E-state index in [-0.39, 0.29) is 17.3 Å². The van der Waals surface area contributed by atoms with Crippen molar-refractivity contribution >= 4 is 35.1 Å². The summed E-state index contributed by atoms with van der Waals surface area (Å²) in [6.07, 6.45) is 1.49. The lowest BCUT2D eigenvalue weighted by Gasteiger charge is -2.26. The number of nitrogens with two attached hydrogens (primary N) is 1. The van der Waals surface area contributed by atoms with Crippen molar-refractivity contribution in [2.75, 3.05) is 47.2 Å². The fourth-order valence-electron chi connectivity index (χ4n) is 2.48. The SMILES string of the molecule is CCOc1ccc(NC(=O)c2cnc(N3CCSCC3)nc2N)cc1. The summed E-state index contributed by atoms with van der Waals surface area (Å²) in [6.45, 7) is 4.30. The number of nitrogen functional groups attached to an aromatic ring is 1. The Morgan fingerprint density at radius 2 is 2.04 bits per heavy atom. The van der Waals surface area contributed by atoms with E-state index in [1.807, 2.05) is 18.7 Å². The summed E-state index contributed by atoms with van der Waals surface area (Å²) in [5.41, 5.74) is 6.91. The molecule has 3 rings (SSSR count). The molecule has 1 fully saturated rings. The molecule has 0 aliphatic carbocycles. The topological polar surface area (TPSA) is 93.4 Å². The molecule has 7 nitrogen and oxygen atoms in total. The highest BCUT2D eigenvalue weighted by atomic mass is 32.2. The molecule has 3 N–H and O–H groups in total. The van der Waals surface area contributed by atoms with Crippen molar-refractivity contribution in [2.24, 2.45) is 0 Å². The zero-order valence-corrected chi connectivity index (χ0v) is 14.9. The third kappa shape index (κ3) is 4.33. The molecule has 25 heavy (non-hydrogen) atoms. The molecule has 0 bridgehead atoms. The number of nitrogens with zero attached hydrogens (tertiary/aromatic N) is 3. The van der Waals surface area contributed by atoms with Crippen LogP contribution in [0.15, 0.2) is 30.5 Å². The summed E-state index contributed by atoms with van der Waals surface area (Å²) in [6, 6.07) is 7.16. The van der Waals surface area contributed by atoms with Crippen LogP contribution in [0.2, 0.25) is 0 Å². The van der Waals surface area contributed by atoms with Crippen LogP contribution in [-0.2, 0) is 0 Å². The lowest BCUT2D eigenvalue weighted by Crippen LogP contribution is -2.34. The van der Waals surface area contributed by atoms with Gasteiger partial charge in [-0.25, -0.2) is 4.98 Å². The number of hydrogen-bond acceptors (Lipinski definition) is 7. The number of anilines is 3. The minimum Gasteiger partial charge on any atom is -0.494 e. The number of amides is 1. The van der Waals surface area contributed by atoms with E-state index in [4.69, 9.17) is 10.5 Å². The molecule has 1 amide bonds. The molecule has 1 aliphatic heterocycles. The standard InChI is InChI=1S/C17H21N5O2S/c1-2-24-13-5-3-12(4-6-13)20-16(23)14-11-19-17(21-15(14)18)22-7-9-25-10-8-22/h3-6,11H,2,7-10H2,1H3,(H,20,23)(H2,18,19,21). The van der Waals surface area contributed by atoms with Crippen molar-refractivity contribution in [3.8, 4) is 5.75 Å². The van der Waals surface area contributed by atoms with Crippen LogP contribution in [0, 0.1) is 0 Å². The molecule has 0 atom stereocenters. The van der Waals surface area contributed by atoms with E-state index in [1.165, 1.54) is 6.20 Å². The molecule has 2 heterocycles. The molecule has 1 aromatic carbocycles. The van der Waals surface area contributed by atoms with Crippen LogP contribution < -0.4 is 20.7 Å². The van der Waals surface area contributed by atoms with Gasteiger partial charge in [-0.05, 0) is 31.2 Å². The zero-order chi connectivity index (χ0) is 17.6. The van der Waals surface area contributed by atoms with E-state index >= 15 is 0 Å². The molecular weight excluding hydrogens is 338 g/mol. The molecule has 0 spiro atoms. The molecule has 0 saturated carbocycles. The number of benzene rings is 1. The summed E-state index contributed by atoms with van der Waals surface area (Å²) in [7, 11) is 0. The third-order valence-electron chi connectivity index (χ3n) is 3.77. The van der Waals surface area contributed by atoms with E-state index in [9.17, 15) is 4.79 Å². The Hall–Kier alpha value is -2.48. The highest BCUT2D eigenvalue weighted by molar-refractivity contribution is 7.99. The van der Waals surface area contributed by atoms with E-state index in [0.717, 1.165) is 30.3 Å². The van der Waals surface area contributed by atoms with Gasteiger partial charge in [0.05, 0.1) is 6.61 Å². The predicted molar refractivity (Wildman–Crippen MR) is 102 cm³/mol. The number of aromatic nitrogens is 2. The van der Waals surface area contributed by atoms with Crippen LogP contribution in [0.25, 0.3) is 0 Å². The van der Waals surface area contributed by atoms with Gasteiger partial charge in [-0.3, -0.25) is 4.79 Å². The maximum absolute atomic E-state index is 12.4. The average molecular weight is 359 g/mol. The van der Waals surface area contributed by atoms with Gasteiger partial charge in [0, 0.05) is 36.5 Å². The van der Waals surface area contributed by atoms with Crippen molar-refractivity contribution in [1.82, 2.24) is 9.97 Å². The molecule has 8 heteroatoms. The van der Waals surface area contributed by atoms with E-state index in [0.29, 0.717) is 18.2 Å². The molecule has 1 aromatic heterocycles. The van der Waals surface area contributed by atoms with Crippen molar-refractivity contribution in [3.05, 3.63) is 36.0 Å². The van der Waals surface area contributed by atoms with Gasteiger partial charge in [0.25, 0.3) is 5.91 Å². The molecule has 1 aliphatic rings. The van der Waals surface area contributed by atoms with Crippen molar-refractivity contribution < 1.29 is 9.53 Å². The summed E-state index contributed by atoms with van der Waals surface area (Å²) in [4.78, 5) is 23.1. The van der Waals surface area contributed by atoms with Crippen LogP contribution in [0.1, 0.15) is 17.3 Å². The minimum atomic E-state index is -0.331. The number of carbonyl (C=O) groups excluding carboxylic acids is 1. The van der Waals surface area contributed by atoms with Gasteiger partial charge in [-0.15, -0.1) is 0 Å². The van der Waals surface area contributed by atoms with Crippen LogP contribution in [0.5, 0.6) is 5.75 Å². The molecule has 132 valence electrons. The van der Waals surface area contributed by atoms with Gasteiger partial charge in [-0.2, -0.15) is 16.7 Å². The van der Waals surface area contributed by atoms with E-state index < -0.39 is 0 Å². The van der Waals surface area contributed by atoms with Crippen molar-refractivity contribution in [1.29, 1.82) is 0 Å². The maximum atomic E-state index is 12.4. The first-order chi connectivity index (χ1) is 12.2. The first-order valence-electron chi connectivity index (χ1n) is 8.17. The van der Waals surface area contributed by atoms with E-state index in [2.05, 4.69) is 20.2 Å². The molecule has 1 saturated heterocycles. The maximum Gasteiger partial charge on any atom is 0.260 e. The quantitative estimate of drug-likeness (QED) is 0.846. The Kier molecular flexibility index (Phi) is 5.60. The second-order valence-corrected chi connectivity index (χ2v) is 6.70. The van der Waals surface area contributed by atoms with Crippen LogP contribution in [0.3, 0.4) is 0 Å². The molecular formula is C17H21N5O2S. The van der Waals surface area contributed by atoms with Gasteiger partial charge in [-0.1, -0.05) is 0 Å². The normalized spacial score (nSPS) is 14.2. The Balaban J connectivity index is 1.69. The molecule has 0 radical (unpaired) electrons. The highest BCUT2D eigenvalue weighted by Gasteiger charge is 2.17. The first-order valence-corrected chi connectivity index (χ1v) is 9.32. The van der Waals surface area contributed by atoms with Crippen LogP contribution in [-0.4, -0.2) is 47.1 Å². The summed E-state index contributed by atoms with van der Waals surface area (Å²) >= 11 is 1.91. The average Bonchev–Trinajstić information content (AvgIpc) is 2.64. The Morgan fingerprint density at radius 3 is 2.68 bits per heavy atom. The second-order valence-electron chi connectivity index (χ2n) is 5.48. The van der Waals surface area contributed by atoms with Gasteiger partial charge < -0.3 is 20.7 Å². The van der Waals surface area contributed by atoms with Crippen LogP contribution >= 0.6 is 11.8 Å². The predicted octanol–water partition coefficient (Wildman–Crippen LogP) is 2.26. The Bertz CT molecular complexity index is 732. The lowest BCUT2D eigenvalue weighted by atomic mass is 10.2. The number of rotatable bonds is 5. The number of carbonyl (C=O) groups is 1. The molecule has 2 aromatic rings. The Labute approximate surface area is 151 Å². The number of ether oxygens (including phenoxy) is 1. The lowest BCUT2D eigenvalue weighted by molar-refractivity contribution is 0.102. The van der Waals surface area contributed by atoms with Gasteiger partial charge in [0.2, 0.25) is 5.95 Å². The largest absolute Gasteiger partial charge is 0.494 e. The van der Waals surface area contributed by atoms with E-state index in [1.54, 1.807) is 24.3 Å². The van der Waals surface area contributed by atoms with Crippen LogP contribution in [0.4, 0.5) is 17.5 Å². The summed E-state index contributed by atoms with van der Waals surface area (Å²) in [5.74, 6) is 3.28. The minimum absolute atomic E-state index is 0.187. The van der Waals surface area contributed by atoms with Crippen molar-refractivity contribution in [2.45, 2.75) is 6.92 Å². The van der Waals surface area contributed by atoms with Gasteiger partial charge in [0.15, 0.2) is 0 Å². The Morgan fingerprint density at radius 1 is 1.32 bits per heavy atom. The fourth-order valence-corrected chi connectivity index (χ4v) is 3.38. The molecule has 0 unspecified atom stereocenters. The smallest absolute Gasteiger partial charge is 0.260 e. The zero-order valence-electron chi connectivity index (χ0n) is 14.1. The fraction of sp³-hybridized carbons (Fsp3) is 0.353. The van der Waals surface area contributed by atoms with Gasteiger partial charge in [0.1, 0.15) is 17.1 Å². The number of nitrogens with one attached hydrogen (secondary N) is 1. The summed E-state index contributed by atoms with van der Waals surface area (Å²) < 4.78 is 5.38. The van der Waals surface area contributed by atoms with Gasteiger partial charge >= 0.3 is 0 Å². The second kappa shape index (κ2) is 8.06. The number of thioether (sulfide) groups is 1. The monoisotopic (exact) mass is 359 g/mol. The summed E-state index contributed by atoms with van der Waals surface area (Å²) in [5, 5.41) is 2.80. The third-order valence-corrected chi connectivity index (χ3v) is 4.71. The highest BCUT2D eigenvalue weighted by Crippen LogP contribution is 2.20. The first kappa shape index (κ1) is 17.3. The number of hydrogen-bond donors (Lipinski definition) is 2. The van der Waals surface area contributed by atoms with Crippen molar-refractivity contribution in [3.63, 3.8) is 0 Å².